The van der Waals surface area contributed by atoms with Crippen molar-refractivity contribution in [3.8, 4) is 5.75 Å². The number of rotatable bonds is 6. The van der Waals surface area contributed by atoms with E-state index >= 15 is 0 Å². The normalized spacial score (nSPS) is 19.0. The second kappa shape index (κ2) is 8.66. The first-order valence-electron chi connectivity index (χ1n) is 8.91. The Kier molecular flexibility index (Phi) is 6.06. The monoisotopic (exact) mass is 371 g/mol. The first-order chi connectivity index (χ1) is 13.1. The molecule has 1 aliphatic rings. The molecule has 2 aromatic carbocycles. The van der Waals surface area contributed by atoms with Gasteiger partial charge in [0.15, 0.2) is 11.6 Å². The Labute approximate surface area is 157 Å². The first-order valence-corrected chi connectivity index (χ1v) is 8.91. The van der Waals surface area contributed by atoms with Gasteiger partial charge in [-0.3, -0.25) is 4.79 Å². The predicted octanol–water partition coefficient (Wildman–Crippen LogP) is 2.98. The third kappa shape index (κ3) is 4.64. The standard InChI is InChI=1S/C21H22FNO4/c1-26-21(25)18-13-16(27-19-10-6-5-9-17(19)22)14-23(18)20(24)12-11-15-7-3-2-4-8-15/h2-10,16,18H,11-14H2,1H3. The minimum absolute atomic E-state index is 0.115. The highest BCUT2D eigenvalue weighted by Crippen LogP contribution is 2.26. The zero-order valence-corrected chi connectivity index (χ0v) is 15.1. The summed E-state index contributed by atoms with van der Waals surface area (Å²) in [4.78, 5) is 26.3. The highest BCUT2D eigenvalue weighted by atomic mass is 19.1. The second-order valence-corrected chi connectivity index (χ2v) is 6.48. The molecule has 3 rings (SSSR count). The number of ether oxygens (including phenoxy) is 2. The number of nitrogens with zero attached hydrogens (tertiary/aromatic N) is 1. The molecule has 5 nitrogen and oxygen atoms in total. The Balaban J connectivity index is 1.67. The van der Waals surface area contributed by atoms with Crippen LogP contribution in [0.3, 0.4) is 0 Å². The molecule has 142 valence electrons. The first kappa shape index (κ1) is 18.9. The van der Waals surface area contributed by atoms with Crippen molar-refractivity contribution >= 4 is 11.9 Å². The van der Waals surface area contributed by atoms with Crippen LogP contribution >= 0.6 is 0 Å². The Bertz CT molecular complexity index is 796. The Morgan fingerprint density at radius 1 is 1.11 bits per heavy atom. The molecule has 1 fully saturated rings. The minimum atomic E-state index is -0.713. The Morgan fingerprint density at radius 2 is 1.81 bits per heavy atom. The van der Waals surface area contributed by atoms with Crippen LogP contribution in [0.15, 0.2) is 54.6 Å². The molecule has 0 saturated carbocycles. The molecule has 6 heteroatoms. The highest BCUT2D eigenvalue weighted by Gasteiger charge is 2.41. The van der Waals surface area contributed by atoms with Gasteiger partial charge in [-0.15, -0.1) is 0 Å². The van der Waals surface area contributed by atoms with Crippen molar-refractivity contribution in [2.45, 2.75) is 31.4 Å². The van der Waals surface area contributed by atoms with Gasteiger partial charge >= 0.3 is 5.97 Å². The van der Waals surface area contributed by atoms with E-state index in [9.17, 15) is 14.0 Å². The second-order valence-electron chi connectivity index (χ2n) is 6.48. The molecule has 0 aliphatic carbocycles. The molecule has 0 N–H and O–H groups in total. The quantitative estimate of drug-likeness (QED) is 0.733. The topological polar surface area (TPSA) is 55.8 Å². The van der Waals surface area contributed by atoms with E-state index < -0.39 is 23.9 Å². The van der Waals surface area contributed by atoms with E-state index in [4.69, 9.17) is 9.47 Å². The SMILES string of the molecule is COC(=O)C1CC(Oc2ccccc2F)CN1C(=O)CCc1ccccc1. The molecule has 1 amide bonds. The van der Waals surface area contributed by atoms with Crippen LogP contribution in [0.4, 0.5) is 4.39 Å². The summed E-state index contributed by atoms with van der Waals surface area (Å²) in [5.74, 6) is -0.984. The summed E-state index contributed by atoms with van der Waals surface area (Å²) in [7, 11) is 1.29. The number of carbonyl (C=O) groups is 2. The average molecular weight is 371 g/mol. The average Bonchev–Trinajstić information content (AvgIpc) is 3.12. The van der Waals surface area contributed by atoms with Gasteiger partial charge in [0, 0.05) is 12.8 Å². The van der Waals surface area contributed by atoms with Crippen LogP contribution in [-0.4, -0.2) is 42.6 Å². The van der Waals surface area contributed by atoms with E-state index in [1.54, 1.807) is 12.1 Å². The fourth-order valence-corrected chi connectivity index (χ4v) is 3.28. The molecule has 1 saturated heterocycles. The molecule has 0 bridgehead atoms. The Morgan fingerprint density at radius 3 is 2.52 bits per heavy atom. The van der Waals surface area contributed by atoms with Gasteiger partial charge in [0.1, 0.15) is 12.1 Å². The number of likely N-dealkylation sites (tertiary alicyclic amines) is 1. The third-order valence-corrected chi connectivity index (χ3v) is 4.66. The van der Waals surface area contributed by atoms with E-state index in [-0.39, 0.29) is 31.0 Å². The molecule has 2 unspecified atom stereocenters. The van der Waals surface area contributed by atoms with Crippen LogP contribution in [0.1, 0.15) is 18.4 Å². The van der Waals surface area contributed by atoms with E-state index in [0.717, 1.165) is 5.56 Å². The summed E-state index contributed by atoms with van der Waals surface area (Å²) in [6, 6.07) is 15.1. The van der Waals surface area contributed by atoms with Crippen molar-refractivity contribution in [1.82, 2.24) is 4.90 Å². The molecule has 2 aromatic rings. The lowest BCUT2D eigenvalue weighted by molar-refractivity contribution is -0.150. The number of amides is 1. The van der Waals surface area contributed by atoms with Gasteiger partial charge in [-0.05, 0) is 24.1 Å². The Hall–Kier alpha value is -2.89. The van der Waals surface area contributed by atoms with Gasteiger partial charge in [0.2, 0.25) is 5.91 Å². The van der Waals surface area contributed by atoms with Crippen molar-refractivity contribution in [1.29, 1.82) is 0 Å². The number of para-hydroxylation sites is 1. The minimum Gasteiger partial charge on any atom is -0.485 e. The van der Waals surface area contributed by atoms with Crippen LogP contribution in [0.2, 0.25) is 0 Å². The van der Waals surface area contributed by atoms with E-state index in [1.807, 2.05) is 30.3 Å². The van der Waals surface area contributed by atoms with Crippen molar-refractivity contribution in [3.05, 3.63) is 66.0 Å². The van der Waals surface area contributed by atoms with Crippen molar-refractivity contribution in [2.24, 2.45) is 0 Å². The fraction of sp³-hybridized carbons (Fsp3) is 0.333. The smallest absolute Gasteiger partial charge is 0.328 e. The van der Waals surface area contributed by atoms with E-state index in [2.05, 4.69) is 0 Å². The van der Waals surface area contributed by atoms with Crippen molar-refractivity contribution in [2.75, 3.05) is 13.7 Å². The van der Waals surface area contributed by atoms with Crippen molar-refractivity contribution < 1.29 is 23.5 Å². The molecule has 1 aliphatic heterocycles. The molecule has 0 aromatic heterocycles. The number of benzene rings is 2. The van der Waals surface area contributed by atoms with Gasteiger partial charge in [0.25, 0.3) is 0 Å². The van der Waals surface area contributed by atoms with Gasteiger partial charge in [-0.2, -0.15) is 0 Å². The predicted molar refractivity (Wildman–Crippen MR) is 97.7 cm³/mol. The number of hydrogen-bond acceptors (Lipinski definition) is 4. The number of hydrogen-bond donors (Lipinski definition) is 0. The van der Waals surface area contributed by atoms with Crippen LogP contribution in [0.5, 0.6) is 5.75 Å². The molecule has 1 heterocycles. The van der Waals surface area contributed by atoms with E-state index in [1.165, 1.54) is 24.1 Å². The number of carbonyl (C=O) groups excluding carboxylic acids is 2. The summed E-state index contributed by atoms with van der Waals surface area (Å²) in [5.41, 5.74) is 1.05. The van der Waals surface area contributed by atoms with Gasteiger partial charge in [-0.1, -0.05) is 42.5 Å². The van der Waals surface area contributed by atoms with Crippen LogP contribution in [0, 0.1) is 5.82 Å². The van der Waals surface area contributed by atoms with Crippen molar-refractivity contribution in [3.63, 3.8) is 0 Å². The lowest BCUT2D eigenvalue weighted by atomic mass is 10.1. The fourth-order valence-electron chi connectivity index (χ4n) is 3.28. The lowest BCUT2D eigenvalue weighted by Crippen LogP contribution is -2.41. The zero-order valence-electron chi connectivity index (χ0n) is 15.1. The van der Waals surface area contributed by atoms with Gasteiger partial charge in [0.05, 0.1) is 13.7 Å². The maximum absolute atomic E-state index is 13.8. The van der Waals surface area contributed by atoms with E-state index in [0.29, 0.717) is 6.42 Å². The number of methoxy groups -OCH3 is 1. The van der Waals surface area contributed by atoms with Crippen LogP contribution in [0.25, 0.3) is 0 Å². The van der Waals surface area contributed by atoms with Gasteiger partial charge in [-0.25, -0.2) is 9.18 Å². The maximum atomic E-state index is 13.8. The highest BCUT2D eigenvalue weighted by molar-refractivity contribution is 5.85. The maximum Gasteiger partial charge on any atom is 0.328 e. The lowest BCUT2D eigenvalue weighted by Gasteiger charge is -2.22. The third-order valence-electron chi connectivity index (χ3n) is 4.66. The number of halogens is 1. The summed E-state index contributed by atoms with van der Waals surface area (Å²) in [5, 5.41) is 0. The molecular formula is C21H22FNO4. The zero-order chi connectivity index (χ0) is 19.2. The molecule has 0 spiro atoms. The molecule has 0 radical (unpaired) electrons. The number of aryl methyl sites for hydroxylation is 1. The molecule has 2 atom stereocenters. The van der Waals surface area contributed by atoms with Crippen LogP contribution in [-0.2, 0) is 20.7 Å². The summed E-state index contributed by atoms with van der Waals surface area (Å²) < 4.78 is 24.4. The molecular weight excluding hydrogens is 349 g/mol. The van der Waals surface area contributed by atoms with Crippen LogP contribution < -0.4 is 4.74 Å². The number of esters is 1. The summed E-state index contributed by atoms with van der Waals surface area (Å²) in [6.07, 6.45) is 0.678. The van der Waals surface area contributed by atoms with Gasteiger partial charge < -0.3 is 14.4 Å². The summed E-state index contributed by atoms with van der Waals surface area (Å²) in [6.45, 7) is 0.224. The summed E-state index contributed by atoms with van der Waals surface area (Å²) >= 11 is 0. The molecule has 27 heavy (non-hydrogen) atoms. The largest absolute Gasteiger partial charge is 0.485 e.